The van der Waals surface area contributed by atoms with Crippen LogP contribution in [0.25, 0.3) is 0 Å². The fourth-order valence-electron chi connectivity index (χ4n) is 0.117. The van der Waals surface area contributed by atoms with Gasteiger partial charge in [0, 0.05) is 39.6 Å². The van der Waals surface area contributed by atoms with Gasteiger partial charge < -0.3 is 0 Å². The summed E-state index contributed by atoms with van der Waals surface area (Å²) in [4.78, 5) is 17.6. The van der Waals surface area contributed by atoms with E-state index < -0.39 is 5.97 Å². The van der Waals surface area contributed by atoms with E-state index in [1.54, 1.807) is 0 Å². The third-order valence-corrected chi connectivity index (χ3v) is 0.201. The first-order valence-electron chi connectivity index (χ1n) is 1.48. The fourth-order valence-corrected chi connectivity index (χ4v) is 0.117. The van der Waals surface area contributed by atoms with Crippen LogP contribution in [-0.2, 0) is 47.3 Å². The van der Waals surface area contributed by atoms with Crippen molar-refractivity contribution in [3.63, 3.8) is 0 Å². The van der Waals surface area contributed by atoms with Crippen LogP contribution in [0.4, 0.5) is 0 Å². The molecule has 0 aromatic heterocycles. The van der Waals surface area contributed by atoms with Crippen molar-refractivity contribution in [3.05, 3.63) is 0 Å². The van der Waals surface area contributed by atoms with E-state index >= 15 is 0 Å². The Morgan fingerprint density at radius 2 is 2.00 bits per heavy atom. The second-order valence-electron chi connectivity index (χ2n) is 0.742. The van der Waals surface area contributed by atoms with Gasteiger partial charge in [0.25, 0.3) is 0 Å². The molecule has 0 aromatic rings. The van der Waals surface area contributed by atoms with Gasteiger partial charge in [-0.15, -0.1) is 0 Å². The molecule has 1 radical (unpaired) electrons. The molecule has 0 aliphatic carbocycles. The van der Waals surface area contributed by atoms with E-state index in [-0.39, 0.29) is 32.7 Å². The normalized spacial score (nSPS) is 6.57. The molecule has 0 saturated carbocycles. The molecule has 0 spiro atoms. The predicted molar refractivity (Wildman–Crippen MR) is 18.8 cm³/mol. The summed E-state index contributed by atoms with van der Waals surface area (Å²) in [6.07, 6.45) is 0. The number of hydrogen-bond donors (Lipinski definition) is 0. The molecule has 0 rings (SSSR count). The molecule has 0 aromatic carbocycles. The molecule has 0 fully saturated rings. The average molecular weight is 179 g/mol. The molecule has 4 heteroatoms. The van der Waals surface area contributed by atoms with Gasteiger partial charge in [-0.05, 0) is 0 Å². The molecule has 7 heavy (non-hydrogen) atoms. The monoisotopic (exact) mass is 179 g/mol. The van der Waals surface area contributed by atoms with Crippen molar-refractivity contribution >= 4 is 5.97 Å². The van der Waals surface area contributed by atoms with Gasteiger partial charge in [0.1, 0.15) is 0 Å². The topological polar surface area (TPSA) is 35.5 Å². The van der Waals surface area contributed by atoms with Crippen molar-refractivity contribution in [1.82, 2.24) is 0 Å². The van der Waals surface area contributed by atoms with E-state index in [0.29, 0.717) is 0 Å². The van der Waals surface area contributed by atoms with Gasteiger partial charge in [-0.2, -0.15) is 4.89 Å². The van der Waals surface area contributed by atoms with E-state index in [1.165, 1.54) is 14.0 Å². The van der Waals surface area contributed by atoms with Crippen LogP contribution in [0.2, 0.25) is 0 Å². The largest absolute Gasteiger partial charge is 0.339 e. The van der Waals surface area contributed by atoms with Gasteiger partial charge in [-0.25, -0.2) is 4.79 Å². The van der Waals surface area contributed by atoms with Crippen molar-refractivity contribution in [1.29, 1.82) is 0 Å². The van der Waals surface area contributed by atoms with Crippen molar-refractivity contribution in [3.8, 4) is 0 Å². The molecule has 39 valence electrons. The van der Waals surface area contributed by atoms with Crippen LogP contribution in [0.3, 0.4) is 0 Å². The van der Waals surface area contributed by atoms with Crippen LogP contribution < -0.4 is 0 Å². The summed E-state index contributed by atoms with van der Waals surface area (Å²) in [5, 5.41) is 0. The first-order chi connectivity index (χ1) is 2.77. The standard InChI is InChI=1S/C3H6O3.Y/c1-3(4)6-5-2;/h1-2H3;. The third-order valence-electron chi connectivity index (χ3n) is 0.201. The minimum atomic E-state index is -0.433. The summed E-state index contributed by atoms with van der Waals surface area (Å²) in [7, 11) is 1.28. The first kappa shape index (κ1) is 10.5. The SMILES string of the molecule is COOC(C)=O.[Y]. The van der Waals surface area contributed by atoms with Crippen LogP contribution >= 0.6 is 0 Å². The molecular weight excluding hydrogens is 173 g/mol. The molecular formula is C3H6O3Y. The first-order valence-corrected chi connectivity index (χ1v) is 1.48. The van der Waals surface area contributed by atoms with Crippen molar-refractivity contribution < 1.29 is 47.3 Å². The summed E-state index contributed by atoms with van der Waals surface area (Å²) in [5.74, 6) is -0.433. The molecule has 0 heterocycles. The summed E-state index contributed by atoms with van der Waals surface area (Å²) in [6.45, 7) is 1.27. The Bertz CT molecular complexity index is 54.1. The van der Waals surface area contributed by atoms with Gasteiger partial charge >= 0.3 is 5.97 Å². The Balaban J connectivity index is 0. The van der Waals surface area contributed by atoms with Crippen molar-refractivity contribution in [2.24, 2.45) is 0 Å². The molecule has 0 unspecified atom stereocenters. The molecule has 0 N–H and O–H groups in total. The van der Waals surface area contributed by atoms with Crippen LogP contribution in [0.1, 0.15) is 6.92 Å². The number of hydrogen-bond acceptors (Lipinski definition) is 3. The maximum absolute atomic E-state index is 9.70. The molecule has 3 nitrogen and oxygen atoms in total. The van der Waals surface area contributed by atoms with Gasteiger partial charge in [0.05, 0.1) is 7.11 Å². The molecule has 0 saturated heterocycles. The Kier molecular flexibility index (Phi) is 9.80. The Morgan fingerprint density at radius 1 is 1.57 bits per heavy atom. The van der Waals surface area contributed by atoms with Crippen LogP contribution in [-0.4, -0.2) is 13.1 Å². The van der Waals surface area contributed by atoms with Gasteiger partial charge in [0.15, 0.2) is 0 Å². The van der Waals surface area contributed by atoms with Crippen molar-refractivity contribution in [2.45, 2.75) is 6.92 Å². The Morgan fingerprint density at radius 3 is 2.00 bits per heavy atom. The van der Waals surface area contributed by atoms with Crippen LogP contribution in [0, 0.1) is 0 Å². The molecule has 0 amide bonds. The zero-order valence-corrected chi connectivity index (χ0v) is 7.14. The van der Waals surface area contributed by atoms with E-state index in [1.807, 2.05) is 0 Å². The summed E-state index contributed by atoms with van der Waals surface area (Å²) in [5.41, 5.74) is 0. The summed E-state index contributed by atoms with van der Waals surface area (Å²) < 4.78 is 0. The minimum Gasteiger partial charge on any atom is -0.299 e. The second-order valence-corrected chi connectivity index (χ2v) is 0.742. The maximum atomic E-state index is 9.70. The quantitative estimate of drug-likeness (QED) is 0.423. The zero-order valence-electron chi connectivity index (χ0n) is 4.30. The fraction of sp³-hybridized carbons (Fsp3) is 0.667. The maximum Gasteiger partial charge on any atom is 0.339 e. The minimum absolute atomic E-state index is 0. The molecule has 0 aliphatic heterocycles. The summed E-state index contributed by atoms with van der Waals surface area (Å²) in [6, 6.07) is 0. The Labute approximate surface area is 67.2 Å². The van der Waals surface area contributed by atoms with Gasteiger partial charge in [0.2, 0.25) is 0 Å². The van der Waals surface area contributed by atoms with E-state index in [9.17, 15) is 4.79 Å². The summed E-state index contributed by atoms with van der Waals surface area (Å²) >= 11 is 0. The zero-order chi connectivity index (χ0) is 4.99. The number of carbonyl (C=O) groups excluding carboxylic acids is 1. The van der Waals surface area contributed by atoms with E-state index in [4.69, 9.17) is 0 Å². The van der Waals surface area contributed by atoms with E-state index in [2.05, 4.69) is 9.78 Å². The van der Waals surface area contributed by atoms with Crippen LogP contribution in [0.5, 0.6) is 0 Å². The van der Waals surface area contributed by atoms with Gasteiger partial charge in [-0.1, -0.05) is 0 Å². The van der Waals surface area contributed by atoms with Crippen LogP contribution in [0.15, 0.2) is 0 Å². The number of carbonyl (C=O) groups is 1. The van der Waals surface area contributed by atoms with Crippen molar-refractivity contribution in [2.75, 3.05) is 7.11 Å². The second kappa shape index (κ2) is 6.53. The van der Waals surface area contributed by atoms with Gasteiger partial charge in [-0.3, -0.25) is 4.89 Å². The smallest absolute Gasteiger partial charge is 0.299 e. The molecule has 0 aliphatic rings. The third kappa shape index (κ3) is 10.8. The van der Waals surface area contributed by atoms with E-state index in [0.717, 1.165) is 0 Å². The molecule has 0 bridgehead atoms. The Hall–Kier alpha value is 0.534. The molecule has 0 atom stereocenters. The average Bonchev–Trinajstić information content (AvgIpc) is 1.35. The predicted octanol–water partition coefficient (Wildman–Crippen LogP) is 0.108. The number of rotatable bonds is 1.